The van der Waals surface area contributed by atoms with Gasteiger partial charge in [0.25, 0.3) is 0 Å². The van der Waals surface area contributed by atoms with Gasteiger partial charge in [-0.15, -0.1) is 6.58 Å². The third-order valence-electron chi connectivity index (χ3n) is 8.12. The summed E-state index contributed by atoms with van der Waals surface area (Å²) in [4.78, 5) is 4.45. The molecule has 3 aliphatic heterocycles. The van der Waals surface area contributed by atoms with Crippen molar-refractivity contribution in [3.63, 3.8) is 0 Å². The highest BCUT2D eigenvalue weighted by Crippen LogP contribution is 2.48. The summed E-state index contributed by atoms with van der Waals surface area (Å²) in [5.41, 5.74) is 1.80. The number of aliphatic hydroxyl groups excluding tert-OH is 1. The van der Waals surface area contributed by atoms with Gasteiger partial charge in [-0.1, -0.05) is 18.2 Å². The number of halogens is 4. The number of rotatable bonds is 6. The van der Waals surface area contributed by atoms with Crippen molar-refractivity contribution in [2.75, 3.05) is 20.2 Å². The number of hydrogen-bond donors (Lipinski definition) is 1. The zero-order valence-corrected chi connectivity index (χ0v) is 21.7. The largest absolute Gasteiger partial charge is 1.00 e. The monoisotopic (exact) mass is 562 g/mol. The maximum absolute atomic E-state index is 13.1. The molecular formula is C28H30BrF3N2O2. The molecule has 3 aromatic rings. The van der Waals surface area contributed by atoms with Crippen molar-refractivity contribution in [3.8, 4) is 5.75 Å². The van der Waals surface area contributed by atoms with Crippen molar-refractivity contribution in [3.05, 3.63) is 84.1 Å². The smallest absolute Gasteiger partial charge is 0.416 e. The summed E-state index contributed by atoms with van der Waals surface area (Å²) in [5, 5.41) is 12.7. The highest BCUT2D eigenvalue weighted by Gasteiger charge is 2.54. The summed E-state index contributed by atoms with van der Waals surface area (Å²) < 4.78 is 45.3. The van der Waals surface area contributed by atoms with E-state index in [0.717, 1.165) is 60.1 Å². The number of quaternary nitrogens is 1. The number of benzene rings is 2. The maximum atomic E-state index is 13.1. The number of ether oxygens (including phenoxy) is 1. The third kappa shape index (κ3) is 4.78. The molecule has 0 radical (unpaired) electrons. The highest BCUT2D eigenvalue weighted by molar-refractivity contribution is 5.83. The van der Waals surface area contributed by atoms with Crippen LogP contribution in [0.3, 0.4) is 0 Å². The van der Waals surface area contributed by atoms with Crippen molar-refractivity contribution >= 4 is 10.9 Å². The molecule has 192 valence electrons. The summed E-state index contributed by atoms with van der Waals surface area (Å²) in [6.07, 6.45) is 0.494. The first-order chi connectivity index (χ1) is 16.7. The van der Waals surface area contributed by atoms with Gasteiger partial charge in [0.2, 0.25) is 0 Å². The molecule has 4 heterocycles. The van der Waals surface area contributed by atoms with Crippen molar-refractivity contribution in [2.45, 2.75) is 37.7 Å². The molecule has 2 aromatic carbocycles. The lowest BCUT2D eigenvalue weighted by molar-refractivity contribution is -0.984. The standard InChI is InChI=1S/C28H30F3N2O2.BrH/c1-3-19-17-33(16-18-4-6-21(7-5-18)28(29,30)31)13-11-20(19)14-26(33)27(34)23-10-12-32-25-9-8-22(35-2)15-24(23)25;/h3-10,12,15,19-20,26-27,34H,1,11,13-14,16-17H2,2H3;1H/q+1;/p-1/t19?,20?,26?,27?,33-;/m1./s1. The average Bonchev–Trinajstić information content (AvgIpc) is 2.87. The van der Waals surface area contributed by atoms with Gasteiger partial charge in [0, 0.05) is 35.9 Å². The van der Waals surface area contributed by atoms with Crippen molar-refractivity contribution in [1.82, 2.24) is 4.98 Å². The molecule has 6 rings (SSSR count). The van der Waals surface area contributed by atoms with E-state index in [9.17, 15) is 18.3 Å². The lowest BCUT2D eigenvalue weighted by atomic mass is 9.71. The Bertz CT molecular complexity index is 1230. The summed E-state index contributed by atoms with van der Waals surface area (Å²) in [6.45, 7) is 6.32. The third-order valence-corrected chi connectivity index (χ3v) is 8.12. The van der Waals surface area contributed by atoms with Gasteiger partial charge in [0.1, 0.15) is 24.4 Å². The number of pyridine rings is 1. The number of piperidine rings is 3. The fourth-order valence-corrected chi connectivity index (χ4v) is 6.28. The summed E-state index contributed by atoms with van der Waals surface area (Å²) in [6, 6.07) is 12.9. The van der Waals surface area contributed by atoms with E-state index in [1.807, 2.05) is 30.3 Å². The number of alkyl halides is 3. The van der Waals surface area contributed by atoms with Gasteiger partial charge < -0.3 is 31.3 Å². The molecule has 3 saturated heterocycles. The van der Waals surface area contributed by atoms with E-state index in [1.165, 1.54) is 0 Å². The van der Waals surface area contributed by atoms with Crippen molar-refractivity contribution in [2.24, 2.45) is 11.8 Å². The summed E-state index contributed by atoms with van der Waals surface area (Å²) >= 11 is 0. The molecule has 8 heteroatoms. The molecule has 0 amide bonds. The molecule has 0 saturated carbocycles. The van der Waals surface area contributed by atoms with Gasteiger partial charge in [-0.25, -0.2) is 0 Å². The van der Waals surface area contributed by atoms with Crippen LogP contribution < -0.4 is 21.7 Å². The van der Waals surface area contributed by atoms with Gasteiger partial charge >= 0.3 is 6.18 Å². The second-order valence-electron chi connectivity index (χ2n) is 9.96. The highest BCUT2D eigenvalue weighted by atomic mass is 79.9. The minimum atomic E-state index is -4.36. The molecule has 0 aliphatic carbocycles. The van der Waals surface area contributed by atoms with Gasteiger partial charge in [-0.3, -0.25) is 4.98 Å². The van der Waals surface area contributed by atoms with Gasteiger partial charge in [0.15, 0.2) is 0 Å². The van der Waals surface area contributed by atoms with E-state index >= 15 is 0 Å². The Morgan fingerprint density at radius 1 is 1.19 bits per heavy atom. The predicted octanol–water partition coefficient (Wildman–Crippen LogP) is 2.91. The Morgan fingerprint density at radius 3 is 2.61 bits per heavy atom. The van der Waals surface area contributed by atoms with E-state index in [0.29, 0.717) is 28.6 Å². The van der Waals surface area contributed by atoms with Crippen LogP contribution in [0.2, 0.25) is 0 Å². The molecule has 4 nitrogen and oxygen atoms in total. The van der Waals surface area contributed by atoms with Gasteiger partial charge in [-0.05, 0) is 47.9 Å². The SMILES string of the molecule is C=CC1C[N@+]2(Cc3ccc(C(F)(F)F)cc3)CCC1CC2C(O)c1ccnc2ccc(OC)cc12.[Br-]. The second-order valence-corrected chi connectivity index (χ2v) is 9.96. The quantitative estimate of drug-likeness (QED) is 0.371. The minimum Gasteiger partial charge on any atom is -1.00 e. The van der Waals surface area contributed by atoms with Crippen LogP contribution in [-0.4, -0.2) is 40.8 Å². The fourth-order valence-electron chi connectivity index (χ4n) is 6.28. The molecule has 1 N–H and O–H groups in total. The molecule has 4 unspecified atom stereocenters. The summed E-state index contributed by atoms with van der Waals surface area (Å²) in [7, 11) is 1.61. The van der Waals surface area contributed by atoms with E-state index in [2.05, 4.69) is 11.6 Å². The zero-order valence-electron chi connectivity index (χ0n) is 20.1. The van der Waals surface area contributed by atoms with Crippen LogP contribution >= 0.6 is 0 Å². The lowest BCUT2D eigenvalue weighted by Gasteiger charge is -2.58. The molecule has 2 bridgehead atoms. The van der Waals surface area contributed by atoms with E-state index in [1.54, 1.807) is 25.4 Å². The van der Waals surface area contributed by atoms with E-state index in [-0.39, 0.29) is 23.0 Å². The maximum Gasteiger partial charge on any atom is 0.416 e. The molecule has 36 heavy (non-hydrogen) atoms. The summed E-state index contributed by atoms with van der Waals surface area (Å²) in [5.74, 6) is 1.48. The minimum absolute atomic E-state index is 0. The van der Waals surface area contributed by atoms with Crippen LogP contribution in [0.1, 0.15) is 35.6 Å². The van der Waals surface area contributed by atoms with E-state index < -0.39 is 17.8 Å². The number of nitrogens with zero attached hydrogens (tertiary/aromatic N) is 2. The van der Waals surface area contributed by atoms with Crippen molar-refractivity contribution < 1.29 is 44.5 Å². The van der Waals surface area contributed by atoms with Crippen LogP contribution in [0.25, 0.3) is 10.9 Å². The number of fused-ring (bicyclic) bond motifs is 4. The van der Waals surface area contributed by atoms with Gasteiger partial charge in [0.05, 0.1) is 31.3 Å². The first-order valence-electron chi connectivity index (χ1n) is 12.0. The molecule has 3 fully saturated rings. The second kappa shape index (κ2) is 10.1. The van der Waals surface area contributed by atoms with Crippen LogP contribution in [0.15, 0.2) is 67.4 Å². The molecule has 0 spiro atoms. The lowest BCUT2D eigenvalue weighted by Crippen LogP contribution is -3.00. The molecule has 1 aromatic heterocycles. The van der Waals surface area contributed by atoms with Crippen LogP contribution in [0.4, 0.5) is 13.2 Å². The zero-order chi connectivity index (χ0) is 24.8. The Kier molecular flexibility index (Phi) is 7.51. The number of aromatic nitrogens is 1. The Balaban J connectivity index is 0.00000304. The van der Waals surface area contributed by atoms with Crippen molar-refractivity contribution in [1.29, 1.82) is 0 Å². The Labute approximate surface area is 219 Å². The van der Waals surface area contributed by atoms with Crippen LogP contribution in [0, 0.1) is 11.8 Å². The average molecular weight is 563 g/mol. The predicted molar refractivity (Wildman–Crippen MR) is 129 cm³/mol. The van der Waals surface area contributed by atoms with Crippen LogP contribution in [-0.2, 0) is 12.7 Å². The Morgan fingerprint density at radius 2 is 1.94 bits per heavy atom. The first-order valence-corrected chi connectivity index (χ1v) is 12.0. The number of aliphatic hydroxyl groups is 1. The molecule has 3 aliphatic rings. The van der Waals surface area contributed by atoms with E-state index in [4.69, 9.17) is 4.74 Å². The topological polar surface area (TPSA) is 42.4 Å². The number of methoxy groups -OCH3 is 1. The van der Waals surface area contributed by atoms with Crippen LogP contribution in [0.5, 0.6) is 5.75 Å². The van der Waals surface area contributed by atoms with Gasteiger partial charge in [-0.2, -0.15) is 13.2 Å². The number of hydrogen-bond acceptors (Lipinski definition) is 3. The molecular weight excluding hydrogens is 533 g/mol. The first kappa shape index (κ1) is 26.6. The Hall–Kier alpha value is -2.42. The normalized spacial score (nSPS) is 26.3. The fraction of sp³-hybridized carbons (Fsp3) is 0.393. The molecule has 5 atom stereocenters.